The zero-order chi connectivity index (χ0) is 24.2. The van der Waals surface area contributed by atoms with E-state index in [1.165, 1.54) is 13.0 Å². The van der Waals surface area contributed by atoms with Gasteiger partial charge in [-0.3, -0.25) is 14.4 Å². The van der Waals surface area contributed by atoms with Gasteiger partial charge in [0.1, 0.15) is 11.3 Å². The highest BCUT2D eigenvalue weighted by Crippen LogP contribution is 2.27. The van der Waals surface area contributed by atoms with Crippen molar-refractivity contribution in [3.63, 3.8) is 0 Å². The van der Waals surface area contributed by atoms with Gasteiger partial charge in [-0.2, -0.15) is 0 Å². The second-order valence-corrected chi connectivity index (χ2v) is 7.69. The van der Waals surface area contributed by atoms with Gasteiger partial charge in [-0.25, -0.2) is 4.79 Å². The number of amides is 1. The third kappa shape index (κ3) is 4.63. The quantitative estimate of drug-likeness (QED) is 0.332. The molecule has 0 aliphatic rings. The number of fused-ring (bicyclic) bond motifs is 1. The molecular formula is C27H21NO6. The average molecular weight is 455 g/mol. The number of carbonyl (C=O) groups is 3. The molecule has 170 valence electrons. The summed E-state index contributed by atoms with van der Waals surface area (Å²) in [6, 6.07) is 20.1. The summed E-state index contributed by atoms with van der Waals surface area (Å²) >= 11 is 0. The molecule has 0 aliphatic carbocycles. The lowest BCUT2D eigenvalue weighted by molar-refractivity contribution is -0.119. The predicted molar refractivity (Wildman–Crippen MR) is 128 cm³/mol. The van der Waals surface area contributed by atoms with Crippen LogP contribution in [0.15, 0.2) is 82.0 Å². The van der Waals surface area contributed by atoms with Crippen molar-refractivity contribution >= 4 is 34.3 Å². The molecule has 1 N–H and O–H groups in total. The largest absolute Gasteiger partial charge is 0.455 e. The maximum absolute atomic E-state index is 12.9. The van der Waals surface area contributed by atoms with Gasteiger partial charge < -0.3 is 14.5 Å². The van der Waals surface area contributed by atoms with E-state index in [-0.39, 0.29) is 27.7 Å². The van der Waals surface area contributed by atoms with Crippen LogP contribution in [-0.4, -0.2) is 24.3 Å². The first-order valence-corrected chi connectivity index (χ1v) is 10.5. The fraction of sp³-hybridized carbons (Fsp3) is 0.111. The smallest absolute Gasteiger partial charge is 0.342 e. The van der Waals surface area contributed by atoms with E-state index in [1.807, 2.05) is 30.3 Å². The first kappa shape index (κ1) is 22.7. The van der Waals surface area contributed by atoms with E-state index in [4.69, 9.17) is 9.15 Å². The van der Waals surface area contributed by atoms with Gasteiger partial charge in [0.25, 0.3) is 5.91 Å². The number of hydrogen-bond donors (Lipinski definition) is 1. The minimum absolute atomic E-state index is 0.0467. The standard InChI is InChI=1S/C27H21NO6/c1-16-24(31)21-9-6-10-22(26(21)34-25(16)19-7-4-3-5-8-19)27(32)33-15-23(30)28-20-13-11-18(12-14-20)17(2)29/h3-14H,15H2,1-2H3,(H,28,30). The average Bonchev–Trinajstić information content (AvgIpc) is 2.85. The molecule has 0 unspecified atom stereocenters. The van der Waals surface area contributed by atoms with Crippen molar-refractivity contribution in [2.45, 2.75) is 13.8 Å². The van der Waals surface area contributed by atoms with Crippen LogP contribution in [0.25, 0.3) is 22.3 Å². The molecule has 0 saturated carbocycles. The lowest BCUT2D eigenvalue weighted by Gasteiger charge is -2.11. The van der Waals surface area contributed by atoms with Gasteiger partial charge in [0.15, 0.2) is 23.4 Å². The van der Waals surface area contributed by atoms with Crippen molar-refractivity contribution in [1.82, 2.24) is 0 Å². The molecule has 3 aromatic carbocycles. The van der Waals surface area contributed by atoms with Crippen LogP contribution >= 0.6 is 0 Å². The molecule has 0 fully saturated rings. The molecule has 0 saturated heterocycles. The zero-order valence-corrected chi connectivity index (χ0v) is 18.6. The molecular weight excluding hydrogens is 434 g/mol. The van der Waals surface area contributed by atoms with E-state index in [1.54, 1.807) is 43.3 Å². The van der Waals surface area contributed by atoms with Crippen molar-refractivity contribution in [3.05, 3.63) is 99.7 Å². The van der Waals surface area contributed by atoms with Gasteiger partial charge >= 0.3 is 5.97 Å². The summed E-state index contributed by atoms with van der Waals surface area (Å²) in [5.41, 5.74) is 2.02. The third-order valence-corrected chi connectivity index (χ3v) is 5.31. The number of Topliss-reactive ketones (excluding diaryl/α,β-unsaturated/α-hetero) is 1. The molecule has 0 atom stereocenters. The molecule has 1 aromatic heterocycles. The van der Waals surface area contributed by atoms with E-state index >= 15 is 0 Å². The second-order valence-electron chi connectivity index (χ2n) is 7.69. The molecule has 1 amide bonds. The minimum Gasteiger partial charge on any atom is -0.455 e. The number of rotatable bonds is 6. The van der Waals surface area contributed by atoms with Crippen LogP contribution in [0.1, 0.15) is 33.2 Å². The second kappa shape index (κ2) is 9.54. The Balaban J connectivity index is 1.55. The molecule has 34 heavy (non-hydrogen) atoms. The number of benzene rings is 3. The highest BCUT2D eigenvalue weighted by Gasteiger charge is 2.20. The van der Waals surface area contributed by atoms with Gasteiger partial charge in [-0.15, -0.1) is 0 Å². The molecule has 4 aromatic rings. The van der Waals surface area contributed by atoms with Crippen LogP contribution in [0.5, 0.6) is 0 Å². The van der Waals surface area contributed by atoms with Gasteiger partial charge in [0.2, 0.25) is 0 Å². The molecule has 7 heteroatoms. The number of nitrogens with one attached hydrogen (secondary N) is 1. The van der Waals surface area contributed by atoms with Crippen molar-refractivity contribution in [2.75, 3.05) is 11.9 Å². The van der Waals surface area contributed by atoms with Gasteiger partial charge in [0.05, 0.1) is 5.39 Å². The topological polar surface area (TPSA) is 103 Å². The monoisotopic (exact) mass is 455 g/mol. The van der Waals surface area contributed by atoms with E-state index in [2.05, 4.69) is 5.32 Å². The van der Waals surface area contributed by atoms with Crippen molar-refractivity contribution in [3.8, 4) is 11.3 Å². The maximum atomic E-state index is 12.9. The van der Waals surface area contributed by atoms with Crippen molar-refractivity contribution in [2.24, 2.45) is 0 Å². The Kier molecular flexibility index (Phi) is 6.36. The fourth-order valence-corrected chi connectivity index (χ4v) is 3.53. The highest BCUT2D eigenvalue weighted by atomic mass is 16.5. The number of esters is 1. The summed E-state index contributed by atoms with van der Waals surface area (Å²) in [5, 5.41) is 2.85. The number of para-hydroxylation sites is 1. The normalized spacial score (nSPS) is 10.6. The number of ether oxygens (including phenoxy) is 1. The summed E-state index contributed by atoms with van der Waals surface area (Å²) in [6.45, 7) is 2.59. The summed E-state index contributed by atoms with van der Waals surface area (Å²) in [5.74, 6) is -1.06. The molecule has 7 nitrogen and oxygen atoms in total. The number of carbonyl (C=O) groups excluding carboxylic acids is 3. The molecule has 0 radical (unpaired) electrons. The van der Waals surface area contributed by atoms with Gasteiger partial charge in [-0.1, -0.05) is 36.4 Å². The summed E-state index contributed by atoms with van der Waals surface area (Å²) < 4.78 is 11.2. The number of ketones is 1. The first-order valence-electron chi connectivity index (χ1n) is 10.5. The molecule has 0 bridgehead atoms. The molecule has 0 spiro atoms. The fourth-order valence-electron chi connectivity index (χ4n) is 3.53. The minimum atomic E-state index is -0.793. The van der Waals surface area contributed by atoms with Crippen LogP contribution < -0.4 is 10.7 Å². The van der Waals surface area contributed by atoms with Gasteiger partial charge in [0, 0.05) is 22.4 Å². The van der Waals surface area contributed by atoms with Crippen molar-refractivity contribution in [1.29, 1.82) is 0 Å². The summed E-state index contributed by atoms with van der Waals surface area (Å²) in [4.78, 5) is 49.3. The SMILES string of the molecule is CC(=O)c1ccc(NC(=O)COC(=O)c2cccc3c(=O)c(C)c(-c4ccccc4)oc23)cc1. The van der Waals surface area contributed by atoms with Crippen LogP contribution in [0, 0.1) is 6.92 Å². The maximum Gasteiger partial charge on any atom is 0.342 e. The first-order chi connectivity index (χ1) is 16.3. The van der Waals surface area contributed by atoms with E-state index in [0.29, 0.717) is 28.1 Å². The summed E-state index contributed by atoms with van der Waals surface area (Å²) in [7, 11) is 0. The van der Waals surface area contributed by atoms with Crippen molar-refractivity contribution < 1.29 is 23.5 Å². The Hall–Kier alpha value is -4.52. The Morgan fingerprint density at radius 3 is 2.29 bits per heavy atom. The van der Waals surface area contributed by atoms with Crippen LogP contribution in [0.4, 0.5) is 5.69 Å². The van der Waals surface area contributed by atoms with E-state index in [0.717, 1.165) is 0 Å². The van der Waals surface area contributed by atoms with Crippen LogP contribution in [0.2, 0.25) is 0 Å². The Bertz CT molecular complexity index is 1450. The predicted octanol–water partition coefficient (Wildman–Crippen LogP) is 4.77. The Morgan fingerprint density at radius 2 is 1.62 bits per heavy atom. The lowest BCUT2D eigenvalue weighted by Crippen LogP contribution is -2.21. The zero-order valence-electron chi connectivity index (χ0n) is 18.6. The Labute approximate surface area is 195 Å². The third-order valence-electron chi connectivity index (χ3n) is 5.31. The summed E-state index contributed by atoms with van der Waals surface area (Å²) in [6.07, 6.45) is 0. The highest BCUT2D eigenvalue weighted by molar-refractivity contribution is 6.03. The van der Waals surface area contributed by atoms with Crippen LogP contribution in [0.3, 0.4) is 0 Å². The molecule has 1 heterocycles. The van der Waals surface area contributed by atoms with Gasteiger partial charge in [-0.05, 0) is 50.2 Å². The molecule has 4 rings (SSSR count). The number of anilines is 1. The van der Waals surface area contributed by atoms with Crippen LogP contribution in [-0.2, 0) is 9.53 Å². The van der Waals surface area contributed by atoms with E-state index in [9.17, 15) is 19.2 Å². The molecule has 0 aliphatic heterocycles. The Morgan fingerprint density at radius 1 is 0.912 bits per heavy atom. The van der Waals surface area contributed by atoms with E-state index < -0.39 is 18.5 Å². The number of hydrogen-bond acceptors (Lipinski definition) is 6. The lowest BCUT2D eigenvalue weighted by atomic mass is 10.0.